The van der Waals surface area contributed by atoms with E-state index in [9.17, 15) is 14.4 Å². The Kier molecular flexibility index (Phi) is 13.1. The molecule has 1 aliphatic carbocycles. The molecular weight excluding hydrogens is 781 g/mol. The number of amides is 4. The van der Waals surface area contributed by atoms with Gasteiger partial charge in [0.05, 0.1) is 6.61 Å². The molecule has 8 heteroatoms. The van der Waals surface area contributed by atoms with Gasteiger partial charge in [-0.1, -0.05) is 107 Å². The number of imide groups is 2. The van der Waals surface area contributed by atoms with E-state index in [0.717, 1.165) is 103 Å². The highest BCUT2D eigenvalue weighted by atomic mass is 16.5. The summed E-state index contributed by atoms with van der Waals surface area (Å²) in [5, 5.41) is 9.40. The van der Waals surface area contributed by atoms with Crippen LogP contribution in [0.1, 0.15) is 111 Å². The molecule has 8 rings (SSSR count). The van der Waals surface area contributed by atoms with Crippen molar-refractivity contribution in [2.45, 2.75) is 132 Å². The zero-order valence-electron chi connectivity index (χ0n) is 38.5. The van der Waals surface area contributed by atoms with Crippen LogP contribution < -0.4 is 15.4 Å². The van der Waals surface area contributed by atoms with Crippen LogP contribution in [0.2, 0.25) is 0 Å². The molecule has 1 saturated heterocycles. The Labute approximate surface area is 372 Å². The van der Waals surface area contributed by atoms with E-state index in [2.05, 4.69) is 122 Å². The molecular formula is C55H64N4O4. The van der Waals surface area contributed by atoms with Crippen molar-refractivity contribution in [2.75, 3.05) is 13.2 Å². The van der Waals surface area contributed by atoms with Gasteiger partial charge in [0, 0.05) is 74.3 Å². The fourth-order valence-electron chi connectivity index (χ4n) is 9.99. The summed E-state index contributed by atoms with van der Waals surface area (Å²) < 4.78 is 11.2. The third-order valence-electron chi connectivity index (χ3n) is 13.3. The number of aromatic nitrogens is 2. The number of hydrogen-bond acceptors (Lipinski definition) is 4. The molecule has 2 fully saturated rings. The van der Waals surface area contributed by atoms with Gasteiger partial charge in [0.2, 0.25) is 0 Å². The Morgan fingerprint density at radius 2 is 1.14 bits per heavy atom. The first kappa shape index (κ1) is 43.7. The summed E-state index contributed by atoms with van der Waals surface area (Å²) in [6, 6.07) is 20.9. The van der Waals surface area contributed by atoms with Crippen LogP contribution in [0.25, 0.3) is 55.5 Å². The van der Waals surface area contributed by atoms with Gasteiger partial charge in [-0.2, -0.15) is 0 Å². The smallest absolute Gasteiger partial charge is 0.334 e. The molecule has 1 aliphatic heterocycles. The first-order valence-electron chi connectivity index (χ1n) is 23.7. The lowest BCUT2D eigenvalue weighted by Gasteiger charge is -2.36. The van der Waals surface area contributed by atoms with Gasteiger partial charge in [-0.25, -0.2) is 4.79 Å². The molecule has 4 aromatic carbocycles. The molecule has 0 unspecified atom stereocenters. The SMILES string of the molecule is CCCCCn1/c(=C/C=C2\CCC(=C/C=c3\c4cccc5c(OCCCC)ccc(c54)n3CCCCC)\C2=C2/C(=O)N(CC)C(=O)N(C(C)C)C2=O)c2cccc3c(C)ccc1c32. The Hall–Kier alpha value is -5.89. The number of hydrogen-bond donors (Lipinski definition) is 0. The number of rotatable bonds is 16. The Morgan fingerprint density at radius 1 is 0.603 bits per heavy atom. The monoisotopic (exact) mass is 844 g/mol. The van der Waals surface area contributed by atoms with E-state index in [1.54, 1.807) is 6.92 Å². The molecule has 0 atom stereocenters. The summed E-state index contributed by atoms with van der Waals surface area (Å²) in [6.45, 7) is 16.9. The van der Waals surface area contributed by atoms with Gasteiger partial charge in [0.1, 0.15) is 11.3 Å². The number of carbonyl (C=O) groups is 3. The maximum absolute atomic E-state index is 14.6. The molecule has 3 heterocycles. The van der Waals surface area contributed by atoms with Gasteiger partial charge in [0.25, 0.3) is 11.8 Å². The van der Waals surface area contributed by atoms with E-state index < -0.39 is 23.9 Å². The predicted molar refractivity (Wildman–Crippen MR) is 260 cm³/mol. The lowest BCUT2D eigenvalue weighted by atomic mass is 9.94. The maximum atomic E-state index is 14.6. The molecule has 0 bridgehead atoms. The summed E-state index contributed by atoms with van der Waals surface area (Å²) in [7, 11) is 0. The quantitative estimate of drug-likeness (QED) is 0.0552. The van der Waals surface area contributed by atoms with E-state index in [1.165, 1.54) is 47.9 Å². The van der Waals surface area contributed by atoms with E-state index >= 15 is 0 Å². The molecule has 1 saturated carbocycles. The zero-order valence-corrected chi connectivity index (χ0v) is 38.5. The molecule has 4 amide bonds. The summed E-state index contributed by atoms with van der Waals surface area (Å²) in [4.78, 5) is 45.3. The summed E-state index contributed by atoms with van der Waals surface area (Å²) >= 11 is 0. The molecule has 0 spiro atoms. The second-order valence-corrected chi connectivity index (χ2v) is 17.7. The summed E-state index contributed by atoms with van der Waals surface area (Å²) in [6.07, 6.45) is 18.7. The van der Waals surface area contributed by atoms with E-state index in [-0.39, 0.29) is 12.1 Å². The molecule has 0 N–H and O–H groups in total. The third kappa shape index (κ3) is 7.91. The number of nitrogens with zero attached hydrogens (tertiary/aromatic N) is 4. The minimum absolute atomic E-state index is 0.0784. The van der Waals surface area contributed by atoms with Gasteiger partial charge in [0.15, 0.2) is 0 Å². The van der Waals surface area contributed by atoms with Crippen LogP contribution in [-0.2, 0) is 22.7 Å². The van der Waals surface area contributed by atoms with Crippen LogP contribution in [0.4, 0.5) is 4.79 Å². The van der Waals surface area contributed by atoms with Crippen molar-refractivity contribution in [3.05, 3.63) is 111 Å². The molecule has 8 nitrogen and oxygen atoms in total. The lowest BCUT2D eigenvalue weighted by molar-refractivity contribution is -0.136. The maximum Gasteiger partial charge on any atom is 0.334 e. The van der Waals surface area contributed by atoms with Crippen molar-refractivity contribution < 1.29 is 19.1 Å². The average molecular weight is 845 g/mol. The highest BCUT2D eigenvalue weighted by Crippen LogP contribution is 2.41. The van der Waals surface area contributed by atoms with Crippen molar-refractivity contribution >= 4 is 73.3 Å². The van der Waals surface area contributed by atoms with Gasteiger partial charge < -0.3 is 13.9 Å². The third-order valence-corrected chi connectivity index (χ3v) is 13.3. The minimum Gasteiger partial charge on any atom is -0.493 e. The van der Waals surface area contributed by atoms with Crippen LogP contribution in [0.15, 0.2) is 95.1 Å². The van der Waals surface area contributed by atoms with Crippen LogP contribution in [0, 0.1) is 6.92 Å². The second kappa shape index (κ2) is 18.8. The van der Waals surface area contributed by atoms with Crippen molar-refractivity contribution in [1.82, 2.24) is 18.9 Å². The van der Waals surface area contributed by atoms with Crippen LogP contribution in [-0.4, -0.2) is 56.0 Å². The Morgan fingerprint density at radius 3 is 1.70 bits per heavy atom. The van der Waals surface area contributed by atoms with Crippen LogP contribution in [0.5, 0.6) is 5.75 Å². The van der Waals surface area contributed by atoms with Gasteiger partial charge in [-0.3, -0.25) is 19.4 Å². The predicted octanol–water partition coefficient (Wildman–Crippen LogP) is 11.6. The largest absolute Gasteiger partial charge is 0.493 e. The first-order valence-corrected chi connectivity index (χ1v) is 23.7. The first-order chi connectivity index (χ1) is 30.6. The highest BCUT2D eigenvalue weighted by molar-refractivity contribution is 6.30. The number of barbiturate groups is 1. The van der Waals surface area contributed by atoms with Gasteiger partial charge in [-0.05, 0) is 118 Å². The summed E-state index contributed by atoms with van der Waals surface area (Å²) in [5.41, 5.74) is 6.23. The molecule has 63 heavy (non-hydrogen) atoms. The number of urea groups is 1. The number of ether oxygens (including phenoxy) is 1. The van der Waals surface area contributed by atoms with Crippen LogP contribution >= 0.6 is 0 Å². The number of benzene rings is 4. The Bertz CT molecular complexity index is 2940. The van der Waals surface area contributed by atoms with Gasteiger partial charge >= 0.3 is 6.03 Å². The fraction of sp³-hybridized carbons (Fsp3) is 0.400. The highest BCUT2D eigenvalue weighted by Gasteiger charge is 2.45. The molecule has 6 aromatic rings. The molecule has 0 radical (unpaired) electrons. The molecule has 328 valence electrons. The number of carbonyl (C=O) groups excluding carboxylic acids is 3. The molecule has 2 aliphatic rings. The Balaban J connectivity index is 1.36. The van der Waals surface area contributed by atoms with E-state index in [0.29, 0.717) is 25.0 Å². The van der Waals surface area contributed by atoms with E-state index in [1.807, 2.05) is 13.8 Å². The number of likely N-dealkylation sites (N-methyl/N-ethyl adjacent to an activating group) is 1. The number of unbranched alkanes of at least 4 members (excludes halogenated alkanes) is 5. The zero-order chi connectivity index (χ0) is 44.4. The van der Waals surface area contributed by atoms with Crippen molar-refractivity contribution in [1.29, 1.82) is 0 Å². The lowest BCUT2D eigenvalue weighted by Crippen LogP contribution is -2.58. The van der Waals surface area contributed by atoms with Gasteiger partial charge in [-0.15, -0.1) is 0 Å². The van der Waals surface area contributed by atoms with E-state index in [4.69, 9.17) is 4.74 Å². The van der Waals surface area contributed by atoms with Crippen LogP contribution in [0.3, 0.4) is 0 Å². The normalized spacial score (nSPS) is 18.3. The average Bonchev–Trinajstić information content (AvgIpc) is 3.91. The fourth-order valence-corrected chi connectivity index (χ4v) is 9.99. The number of allylic oxidation sites excluding steroid dienone is 5. The topological polar surface area (TPSA) is 76.8 Å². The molecule has 2 aromatic heterocycles. The van der Waals surface area contributed by atoms with Crippen molar-refractivity contribution in [3.63, 3.8) is 0 Å². The summed E-state index contributed by atoms with van der Waals surface area (Å²) in [5.74, 6) is -0.144. The van der Waals surface area contributed by atoms with Crippen molar-refractivity contribution in [2.24, 2.45) is 0 Å². The number of aryl methyl sites for hydroxylation is 3. The standard InChI is InChI=1S/C55H64N4O4/c1-8-12-15-33-57-44(41-20-17-19-40-37(7)23-28-46(57)50(40)41)29-26-38-24-25-39(49(38)52-53(60)56(11-4)55(62)59(36(5)6)54(52)61)27-30-45-42-21-18-22-43-48(63-35-14-10-3)32-31-47(51(42)43)58(45)34-16-13-9-2/h17-23,26-32,36H,8-16,24-25,33-35H2,1-7H3/b38-26+,39-27+,44-29+,45-30+,52-49+. The second-order valence-electron chi connectivity index (χ2n) is 17.7. The minimum atomic E-state index is -0.558. The van der Waals surface area contributed by atoms with Crippen molar-refractivity contribution in [3.8, 4) is 5.75 Å².